The van der Waals surface area contributed by atoms with E-state index in [9.17, 15) is 0 Å². The van der Waals surface area contributed by atoms with Crippen molar-refractivity contribution in [1.29, 1.82) is 0 Å². The molecule has 2 rings (SSSR count). The summed E-state index contributed by atoms with van der Waals surface area (Å²) < 4.78 is 0. The summed E-state index contributed by atoms with van der Waals surface area (Å²) in [5.41, 5.74) is 9.71. The summed E-state index contributed by atoms with van der Waals surface area (Å²) in [6.07, 6.45) is 1.03. The molecule has 0 saturated heterocycles. The van der Waals surface area contributed by atoms with Crippen molar-refractivity contribution in [3.05, 3.63) is 71.3 Å². The molecule has 3 N–H and O–H groups in total. The lowest BCUT2D eigenvalue weighted by molar-refractivity contribution is 0.659. The van der Waals surface area contributed by atoms with Gasteiger partial charge in [0.15, 0.2) is 5.96 Å². The highest BCUT2D eigenvalue weighted by Gasteiger charge is 2.04. The first-order chi connectivity index (χ1) is 10.6. The molecule has 0 aliphatic rings. The number of guanidine groups is 1. The first-order valence-electron chi connectivity index (χ1n) is 7.79. The normalized spacial score (nSPS) is 12.3. The second-order valence-electron chi connectivity index (χ2n) is 5.71. The maximum Gasteiger partial charge on any atom is 0.188 e. The summed E-state index contributed by atoms with van der Waals surface area (Å²) in [6, 6.07) is 18.9. The van der Waals surface area contributed by atoms with Crippen molar-refractivity contribution in [2.24, 2.45) is 10.7 Å². The number of nitrogens with one attached hydrogen (secondary N) is 1. The standard InChI is InChI=1S/C19H25N3.BrH/c1-15-8-10-17(11-9-15)14-22-19(20)21-13-12-16(2)18-6-4-3-5-7-18;/h3-11,16H,12-14H2,1-2H3,(H3,20,21,22);1H. The zero-order valence-corrected chi connectivity index (χ0v) is 15.5. The van der Waals surface area contributed by atoms with Crippen molar-refractivity contribution in [2.75, 3.05) is 6.54 Å². The molecule has 0 heterocycles. The van der Waals surface area contributed by atoms with Gasteiger partial charge in [-0.1, -0.05) is 67.1 Å². The van der Waals surface area contributed by atoms with Crippen LogP contribution in [0.3, 0.4) is 0 Å². The van der Waals surface area contributed by atoms with Gasteiger partial charge in [0, 0.05) is 6.54 Å². The minimum atomic E-state index is 0. The van der Waals surface area contributed by atoms with Crippen molar-refractivity contribution >= 4 is 22.9 Å². The van der Waals surface area contributed by atoms with E-state index in [1.54, 1.807) is 0 Å². The average Bonchev–Trinajstić information content (AvgIpc) is 2.55. The highest BCUT2D eigenvalue weighted by Crippen LogP contribution is 2.17. The lowest BCUT2D eigenvalue weighted by Gasteiger charge is -2.12. The van der Waals surface area contributed by atoms with Gasteiger partial charge in [0.2, 0.25) is 0 Å². The van der Waals surface area contributed by atoms with Crippen molar-refractivity contribution in [3.63, 3.8) is 0 Å². The summed E-state index contributed by atoms with van der Waals surface area (Å²) in [7, 11) is 0. The number of nitrogens with zero attached hydrogens (tertiary/aromatic N) is 1. The molecule has 0 saturated carbocycles. The molecule has 0 bridgehead atoms. The molecule has 4 heteroatoms. The molecule has 1 unspecified atom stereocenters. The maximum atomic E-state index is 5.92. The van der Waals surface area contributed by atoms with E-state index < -0.39 is 0 Å². The van der Waals surface area contributed by atoms with Crippen LogP contribution in [0.1, 0.15) is 36.0 Å². The Balaban J connectivity index is 0.00000264. The molecular weight excluding hydrogens is 350 g/mol. The molecular formula is C19H26BrN3. The van der Waals surface area contributed by atoms with E-state index >= 15 is 0 Å². The lowest BCUT2D eigenvalue weighted by atomic mass is 9.98. The van der Waals surface area contributed by atoms with Gasteiger partial charge in [-0.2, -0.15) is 0 Å². The monoisotopic (exact) mass is 375 g/mol. The highest BCUT2D eigenvalue weighted by atomic mass is 79.9. The van der Waals surface area contributed by atoms with Crippen LogP contribution in [-0.4, -0.2) is 12.5 Å². The molecule has 0 amide bonds. The SMILES string of the molecule is Br.Cc1ccc(CN=C(N)NCCC(C)c2ccccc2)cc1. The van der Waals surface area contributed by atoms with Crippen molar-refractivity contribution in [3.8, 4) is 0 Å². The Morgan fingerprint density at radius 1 is 1.09 bits per heavy atom. The minimum Gasteiger partial charge on any atom is -0.370 e. The summed E-state index contributed by atoms with van der Waals surface area (Å²) in [5, 5.41) is 3.19. The third-order valence-electron chi connectivity index (χ3n) is 3.80. The van der Waals surface area contributed by atoms with E-state index in [1.807, 2.05) is 6.07 Å². The van der Waals surface area contributed by atoms with E-state index in [-0.39, 0.29) is 17.0 Å². The highest BCUT2D eigenvalue weighted by molar-refractivity contribution is 8.93. The van der Waals surface area contributed by atoms with Crippen LogP contribution in [0.15, 0.2) is 59.6 Å². The van der Waals surface area contributed by atoms with Gasteiger partial charge in [-0.05, 0) is 30.4 Å². The van der Waals surface area contributed by atoms with E-state index in [2.05, 4.69) is 72.7 Å². The summed E-state index contributed by atoms with van der Waals surface area (Å²) in [5.74, 6) is 1.03. The molecule has 0 aliphatic heterocycles. The van der Waals surface area contributed by atoms with Gasteiger partial charge in [-0.3, -0.25) is 0 Å². The second-order valence-corrected chi connectivity index (χ2v) is 5.71. The number of hydrogen-bond acceptors (Lipinski definition) is 1. The molecule has 0 spiro atoms. The zero-order chi connectivity index (χ0) is 15.8. The molecule has 124 valence electrons. The molecule has 0 fully saturated rings. The fraction of sp³-hybridized carbons (Fsp3) is 0.316. The van der Waals surface area contributed by atoms with Crippen LogP contribution in [0, 0.1) is 6.92 Å². The van der Waals surface area contributed by atoms with Gasteiger partial charge >= 0.3 is 0 Å². The Morgan fingerprint density at radius 3 is 2.39 bits per heavy atom. The Bertz CT molecular complexity index is 594. The second kappa shape index (κ2) is 10.1. The first-order valence-corrected chi connectivity index (χ1v) is 7.79. The fourth-order valence-corrected chi connectivity index (χ4v) is 2.29. The van der Waals surface area contributed by atoms with Crippen molar-refractivity contribution in [1.82, 2.24) is 5.32 Å². The smallest absolute Gasteiger partial charge is 0.188 e. The largest absolute Gasteiger partial charge is 0.370 e. The zero-order valence-electron chi connectivity index (χ0n) is 13.8. The van der Waals surface area contributed by atoms with Gasteiger partial charge in [0.25, 0.3) is 0 Å². The van der Waals surface area contributed by atoms with E-state index in [1.165, 1.54) is 16.7 Å². The predicted octanol–water partition coefficient (Wildman–Crippen LogP) is 4.17. The number of benzene rings is 2. The minimum absolute atomic E-state index is 0. The van der Waals surface area contributed by atoms with Crippen molar-refractivity contribution in [2.45, 2.75) is 32.7 Å². The van der Waals surface area contributed by atoms with Crippen LogP contribution in [0.25, 0.3) is 0 Å². The van der Waals surface area contributed by atoms with Gasteiger partial charge in [0.1, 0.15) is 0 Å². The lowest BCUT2D eigenvalue weighted by Crippen LogP contribution is -2.32. The van der Waals surface area contributed by atoms with Crippen LogP contribution < -0.4 is 11.1 Å². The van der Waals surface area contributed by atoms with Gasteiger partial charge in [-0.25, -0.2) is 4.99 Å². The van der Waals surface area contributed by atoms with E-state index in [0.717, 1.165) is 13.0 Å². The molecule has 0 aromatic heterocycles. The van der Waals surface area contributed by atoms with E-state index in [4.69, 9.17) is 5.73 Å². The number of aliphatic imine (C=N–C) groups is 1. The van der Waals surface area contributed by atoms with Gasteiger partial charge in [0.05, 0.1) is 6.54 Å². The van der Waals surface area contributed by atoms with Crippen LogP contribution >= 0.6 is 17.0 Å². The summed E-state index contributed by atoms with van der Waals surface area (Å²) in [6.45, 7) is 5.76. The maximum absolute atomic E-state index is 5.92. The molecule has 1 atom stereocenters. The van der Waals surface area contributed by atoms with Crippen molar-refractivity contribution < 1.29 is 0 Å². The number of aryl methyl sites for hydroxylation is 1. The van der Waals surface area contributed by atoms with Gasteiger partial charge < -0.3 is 11.1 Å². The molecule has 0 aliphatic carbocycles. The predicted molar refractivity (Wildman–Crippen MR) is 104 cm³/mol. The number of halogens is 1. The number of hydrogen-bond donors (Lipinski definition) is 2. The Hall–Kier alpha value is -1.81. The fourth-order valence-electron chi connectivity index (χ4n) is 2.29. The number of nitrogens with two attached hydrogens (primary N) is 1. The van der Waals surface area contributed by atoms with Gasteiger partial charge in [-0.15, -0.1) is 17.0 Å². The Kier molecular flexibility index (Phi) is 8.41. The van der Waals surface area contributed by atoms with Crippen LogP contribution in [-0.2, 0) is 6.54 Å². The third kappa shape index (κ3) is 6.87. The first kappa shape index (κ1) is 19.2. The molecule has 3 nitrogen and oxygen atoms in total. The molecule has 2 aromatic rings. The number of rotatable bonds is 6. The average molecular weight is 376 g/mol. The van der Waals surface area contributed by atoms with Crippen LogP contribution in [0.4, 0.5) is 0 Å². The topological polar surface area (TPSA) is 50.4 Å². The summed E-state index contributed by atoms with van der Waals surface area (Å²) in [4.78, 5) is 4.38. The third-order valence-corrected chi connectivity index (χ3v) is 3.80. The Labute approximate surface area is 149 Å². The summed E-state index contributed by atoms with van der Waals surface area (Å²) >= 11 is 0. The van der Waals surface area contributed by atoms with Crippen LogP contribution in [0.2, 0.25) is 0 Å². The Morgan fingerprint density at radius 2 is 1.74 bits per heavy atom. The van der Waals surface area contributed by atoms with Crippen LogP contribution in [0.5, 0.6) is 0 Å². The molecule has 0 radical (unpaired) electrons. The quantitative estimate of drug-likeness (QED) is 0.587. The molecule has 2 aromatic carbocycles. The molecule has 23 heavy (non-hydrogen) atoms. The van der Waals surface area contributed by atoms with E-state index in [0.29, 0.717) is 18.4 Å².